The summed E-state index contributed by atoms with van der Waals surface area (Å²) < 4.78 is 0. The first-order chi connectivity index (χ1) is 9.49. The van der Waals surface area contributed by atoms with Crippen molar-refractivity contribution in [3.8, 4) is 0 Å². The lowest BCUT2D eigenvalue weighted by atomic mass is 10.0. The Morgan fingerprint density at radius 2 is 1.90 bits per heavy atom. The van der Waals surface area contributed by atoms with E-state index in [9.17, 15) is 9.59 Å². The number of aliphatic carboxylic acids is 1. The zero-order valence-corrected chi connectivity index (χ0v) is 11.6. The molecule has 0 unspecified atom stereocenters. The second kappa shape index (κ2) is 8.16. The van der Waals surface area contributed by atoms with Crippen LogP contribution in [0, 0.1) is 5.92 Å². The number of carboxylic acids is 1. The van der Waals surface area contributed by atoms with Crippen molar-refractivity contribution in [2.24, 2.45) is 5.92 Å². The van der Waals surface area contributed by atoms with Crippen LogP contribution >= 0.6 is 0 Å². The third kappa shape index (κ3) is 6.19. The van der Waals surface area contributed by atoms with Crippen LogP contribution in [0.25, 0.3) is 0 Å². The highest BCUT2D eigenvalue weighted by atomic mass is 16.7. The minimum atomic E-state index is -1.06. The topological polar surface area (TPSA) is 87.7 Å². The van der Waals surface area contributed by atoms with Gasteiger partial charge in [0.05, 0.1) is 6.61 Å². The number of benzene rings is 1. The lowest BCUT2D eigenvalue weighted by Crippen LogP contribution is -2.46. The SMILES string of the molecule is CC(C)C[C@H](NC(=O)NOCc1ccccc1)C(=O)O. The molecule has 6 nitrogen and oxygen atoms in total. The number of urea groups is 1. The predicted octanol–water partition coefficient (Wildman–Crippen LogP) is 1.92. The summed E-state index contributed by atoms with van der Waals surface area (Å²) in [4.78, 5) is 27.5. The summed E-state index contributed by atoms with van der Waals surface area (Å²) >= 11 is 0. The van der Waals surface area contributed by atoms with Crippen LogP contribution in [0.15, 0.2) is 30.3 Å². The summed E-state index contributed by atoms with van der Waals surface area (Å²) in [6, 6.07) is 7.75. The Labute approximate surface area is 118 Å². The van der Waals surface area contributed by atoms with Crippen molar-refractivity contribution in [2.75, 3.05) is 0 Å². The molecule has 0 saturated carbocycles. The molecular formula is C14H20N2O4. The average Bonchev–Trinajstić information content (AvgIpc) is 2.38. The van der Waals surface area contributed by atoms with Crippen molar-refractivity contribution >= 4 is 12.0 Å². The van der Waals surface area contributed by atoms with E-state index in [1.165, 1.54) is 0 Å². The molecule has 0 fully saturated rings. The third-order valence-electron chi connectivity index (χ3n) is 2.56. The van der Waals surface area contributed by atoms with Crippen molar-refractivity contribution in [3.63, 3.8) is 0 Å². The molecule has 1 atom stereocenters. The molecule has 6 heteroatoms. The minimum Gasteiger partial charge on any atom is -0.480 e. The fraction of sp³-hybridized carbons (Fsp3) is 0.429. The molecule has 20 heavy (non-hydrogen) atoms. The number of nitrogens with one attached hydrogen (secondary N) is 2. The van der Waals surface area contributed by atoms with E-state index in [-0.39, 0.29) is 12.5 Å². The van der Waals surface area contributed by atoms with Gasteiger partial charge < -0.3 is 10.4 Å². The third-order valence-corrected chi connectivity index (χ3v) is 2.56. The molecule has 0 aliphatic carbocycles. The molecule has 3 N–H and O–H groups in total. The first kappa shape index (κ1) is 16.0. The summed E-state index contributed by atoms with van der Waals surface area (Å²) in [5.41, 5.74) is 3.08. The van der Waals surface area contributed by atoms with Gasteiger partial charge in [-0.2, -0.15) is 0 Å². The molecule has 2 amide bonds. The van der Waals surface area contributed by atoms with E-state index in [1.807, 2.05) is 44.2 Å². The molecule has 0 spiro atoms. The number of carbonyl (C=O) groups is 2. The summed E-state index contributed by atoms with van der Waals surface area (Å²) in [5, 5.41) is 11.4. The number of carbonyl (C=O) groups excluding carboxylic acids is 1. The number of hydrogen-bond acceptors (Lipinski definition) is 3. The Hall–Kier alpha value is -2.08. The van der Waals surface area contributed by atoms with Gasteiger partial charge in [0.25, 0.3) is 0 Å². The van der Waals surface area contributed by atoms with Crippen LogP contribution in [0.3, 0.4) is 0 Å². The number of hydrogen-bond donors (Lipinski definition) is 3. The summed E-state index contributed by atoms with van der Waals surface area (Å²) in [5.74, 6) is -0.890. The Morgan fingerprint density at radius 3 is 2.45 bits per heavy atom. The van der Waals surface area contributed by atoms with Gasteiger partial charge in [0, 0.05) is 0 Å². The van der Waals surface area contributed by atoms with Gasteiger partial charge in [-0.1, -0.05) is 44.2 Å². The number of rotatable bonds is 7. The monoisotopic (exact) mass is 280 g/mol. The lowest BCUT2D eigenvalue weighted by Gasteiger charge is -2.16. The molecule has 1 rings (SSSR count). The standard InChI is InChI=1S/C14H20N2O4/c1-10(2)8-12(13(17)18)15-14(19)16-20-9-11-6-4-3-5-7-11/h3-7,10,12H,8-9H2,1-2H3,(H,17,18)(H2,15,16,19)/t12-/m0/s1. The summed E-state index contributed by atoms with van der Waals surface area (Å²) in [6.45, 7) is 4.00. The van der Waals surface area contributed by atoms with Gasteiger partial charge in [-0.05, 0) is 17.9 Å². The number of carboxylic acid groups (broad SMARTS) is 1. The highest BCUT2D eigenvalue weighted by Crippen LogP contribution is 2.05. The van der Waals surface area contributed by atoms with Crippen LogP contribution in [-0.2, 0) is 16.2 Å². The Morgan fingerprint density at radius 1 is 1.25 bits per heavy atom. The van der Waals surface area contributed by atoms with E-state index >= 15 is 0 Å². The molecule has 0 bridgehead atoms. The second-order valence-corrected chi connectivity index (χ2v) is 4.87. The van der Waals surface area contributed by atoms with E-state index in [4.69, 9.17) is 9.94 Å². The van der Waals surface area contributed by atoms with Crippen LogP contribution in [0.1, 0.15) is 25.8 Å². The summed E-state index contributed by atoms with van der Waals surface area (Å²) in [7, 11) is 0. The van der Waals surface area contributed by atoms with E-state index in [1.54, 1.807) is 0 Å². The molecule has 0 aliphatic rings. The zero-order valence-electron chi connectivity index (χ0n) is 11.6. The van der Waals surface area contributed by atoms with Gasteiger partial charge >= 0.3 is 12.0 Å². The molecule has 0 aliphatic heterocycles. The Kier molecular flexibility index (Phi) is 6.52. The van der Waals surface area contributed by atoms with Crippen LogP contribution in [0.4, 0.5) is 4.79 Å². The quantitative estimate of drug-likeness (QED) is 0.666. The largest absolute Gasteiger partial charge is 0.480 e. The van der Waals surface area contributed by atoms with Gasteiger partial charge in [-0.15, -0.1) is 0 Å². The van der Waals surface area contributed by atoms with Gasteiger partial charge in [-0.25, -0.2) is 15.1 Å². The highest BCUT2D eigenvalue weighted by Gasteiger charge is 2.20. The van der Waals surface area contributed by atoms with Crippen LogP contribution in [-0.4, -0.2) is 23.1 Å². The van der Waals surface area contributed by atoms with E-state index in [0.29, 0.717) is 6.42 Å². The molecule has 0 aromatic heterocycles. The highest BCUT2D eigenvalue weighted by molar-refractivity contribution is 5.81. The van der Waals surface area contributed by atoms with Gasteiger partial charge in [0.2, 0.25) is 0 Å². The lowest BCUT2D eigenvalue weighted by molar-refractivity contribution is -0.139. The maximum atomic E-state index is 11.5. The first-order valence-electron chi connectivity index (χ1n) is 6.44. The minimum absolute atomic E-state index is 0.168. The van der Waals surface area contributed by atoms with Crippen molar-refractivity contribution in [2.45, 2.75) is 32.9 Å². The van der Waals surface area contributed by atoms with Crippen LogP contribution in [0.2, 0.25) is 0 Å². The number of hydroxylamine groups is 1. The summed E-state index contributed by atoms with van der Waals surface area (Å²) in [6.07, 6.45) is 0.363. The Bertz CT molecular complexity index is 434. The predicted molar refractivity (Wildman–Crippen MR) is 73.8 cm³/mol. The second-order valence-electron chi connectivity index (χ2n) is 4.87. The molecule has 1 aromatic rings. The van der Waals surface area contributed by atoms with Gasteiger partial charge in [0.15, 0.2) is 0 Å². The first-order valence-corrected chi connectivity index (χ1v) is 6.44. The molecule has 1 aromatic carbocycles. The van der Waals surface area contributed by atoms with Crippen LogP contribution in [0.5, 0.6) is 0 Å². The van der Waals surface area contributed by atoms with Crippen molar-refractivity contribution < 1.29 is 19.5 Å². The molecule has 0 radical (unpaired) electrons. The molecular weight excluding hydrogens is 260 g/mol. The van der Waals surface area contributed by atoms with E-state index in [0.717, 1.165) is 5.56 Å². The molecule has 0 saturated heterocycles. The van der Waals surface area contributed by atoms with Crippen molar-refractivity contribution in [3.05, 3.63) is 35.9 Å². The fourth-order valence-electron chi connectivity index (χ4n) is 1.64. The van der Waals surface area contributed by atoms with Crippen molar-refractivity contribution in [1.82, 2.24) is 10.8 Å². The maximum Gasteiger partial charge on any atom is 0.339 e. The van der Waals surface area contributed by atoms with Gasteiger partial charge in [-0.3, -0.25) is 4.84 Å². The Balaban J connectivity index is 2.33. The smallest absolute Gasteiger partial charge is 0.339 e. The maximum absolute atomic E-state index is 11.5. The van der Waals surface area contributed by atoms with E-state index < -0.39 is 18.0 Å². The molecule has 0 heterocycles. The van der Waals surface area contributed by atoms with E-state index in [2.05, 4.69) is 10.8 Å². The average molecular weight is 280 g/mol. The van der Waals surface area contributed by atoms with Crippen LogP contribution < -0.4 is 10.8 Å². The van der Waals surface area contributed by atoms with Gasteiger partial charge in [0.1, 0.15) is 6.04 Å². The normalized spacial score (nSPS) is 11.9. The number of amides is 2. The van der Waals surface area contributed by atoms with Crippen molar-refractivity contribution in [1.29, 1.82) is 0 Å². The molecule has 110 valence electrons. The zero-order chi connectivity index (χ0) is 15.0. The fourth-order valence-corrected chi connectivity index (χ4v) is 1.64.